The number of benzene rings is 1. The monoisotopic (exact) mass is 436 g/mol. The zero-order valence-electron chi connectivity index (χ0n) is 19.2. The number of nitrogens with one attached hydrogen (secondary N) is 1. The number of hydrogen-bond donors (Lipinski definition) is 1. The predicted molar refractivity (Wildman–Crippen MR) is 123 cm³/mol. The summed E-state index contributed by atoms with van der Waals surface area (Å²) in [5.74, 6) is 0.245. The van der Waals surface area contributed by atoms with E-state index in [1.54, 1.807) is 0 Å². The van der Waals surface area contributed by atoms with E-state index in [0.717, 1.165) is 48.4 Å². The van der Waals surface area contributed by atoms with E-state index in [9.17, 15) is 9.59 Å². The van der Waals surface area contributed by atoms with Gasteiger partial charge in [-0.05, 0) is 63.8 Å². The van der Waals surface area contributed by atoms with E-state index in [1.165, 1.54) is 0 Å². The van der Waals surface area contributed by atoms with Gasteiger partial charge in [0.15, 0.2) is 0 Å². The second-order valence-electron chi connectivity index (χ2n) is 8.70. The Bertz CT molecular complexity index is 1120. The Hall–Kier alpha value is -3.16. The highest BCUT2D eigenvalue weighted by molar-refractivity contribution is 5.97. The molecule has 0 unspecified atom stereocenters. The zero-order valence-corrected chi connectivity index (χ0v) is 19.2. The van der Waals surface area contributed by atoms with E-state index in [0.29, 0.717) is 31.6 Å². The number of nitrogens with zero attached hydrogens (tertiary/aromatic N) is 5. The first kappa shape index (κ1) is 22.0. The van der Waals surface area contributed by atoms with Crippen LogP contribution in [-0.4, -0.2) is 55.7 Å². The van der Waals surface area contributed by atoms with Gasteiger partial charge < -0.3 is 14.8 Å². The maximum atomic E-state index is 13.1. The molecule has 8 heteroatoms. The molecule has 4 rings (SSSR count). The molecule has 1 aromatic carbocycles. The fraction of sp³-hybridized carbons (Fsp3) is 0.500. The summed E-state index contributed by atoms with van der Waals surface area (Å²) < 4.78 is 3.98. The molecule has 3 heterocycles. The second kappa shape index (κ2) is 9.54. The predicted octanol–water partition coefficient (Wildman–Crippen LogP) is 2.93. The van der Waals surface area contributed by atoms with E-state index in [4.69, 9.17) is 0 Å². The lowest BCUT2D eigenvalue weighted by atomic mass is 9.94. The molecule has 3 aromatic rings. The molecule has 8 nitrogen and oxygen atoms in total. The van der Waals surface area contributed by atoms with Crippen molar-refractivity contribution in [3.05, 3.63) is 47.5 Å². The summed E-state index contributed by atoms with van der Waals surface area (Å²) >= 11 is 0. The summed E-state index contributed by atoms with van der Waals surface area (Å²) in [6.07, 6.45) is 4.14. The topological polar surface area (TPSA) is 85.0 Å². The number of piperidine rings is 1. The number of aromatic nitrogens is 4. The van der Waals surface area contributed by atoms with Crippen LogP contribution in [0, 0.1) is 19.8 Å². The van der Waals surface area contributed by atoms with Gasteiger partial charge >= 0.3 is 0 Å². The maximum Gasteiger partial charge on any atom is 0.253 e. The van der Waals surface area contributed by atoms with Crippen LogP contribution in [0.5, 0.6) is 0 Å². The van der Waals surface area contributed by atoms with Gasteiger partial charge in [-0.25, -0.2) is 4.98 Å². The molecule has 0 radical (unpaired) electrons. The highest BCUT2D eigenvalue weighted by Gasteiger charge is 2.26. The highest BCUT2D eigenvalue weighted by atomic mass is 16.2. The average molecular weight is 437 g/mol. The molecule has 170 valence electrons. The molecular weight excluding hydrogens is 404 g/mol. The number of hydrogen-bond acceptors (Lipinski definition) is 4. The lowest BCUT2D eigenvalue weighted by molar-refractivity contribution is -0.122. The van der Waals surface area contributed by atoms with Crippen LogP contribution in [0.3, 0.4) is 0 Å². The van der Waals surface area contributed by atoms with Gasteiger partial charge in [0.05, 0.1) is 29.6 Å². The summed E-state index contributed by atoms with van der Waals surface area (Å²) in [4.78, 5) is 31.9. The van der Waals surface area contributed by atoms with E-state index >= 15 is 0 Å². The smallest absolute Gasteiger partial charge is 0.253 e. The van der Waals surface area contributed by atoms with Crippen molar-refractivity contribution in [3.8, 4) is 0 Å². The third kappa shape index (κ3) is 4.84. The minimum absolute atomic E-state index is 0.0209. The van der Waals surface area contributed by atoms with Crippen LogP contribution in [-0.2, 0) is 17.9 Å². The third-order valence-corrected chi connectivity index (χ3v) is 6.24. The molecule has 2 aromatic heterocycles. The minimum Gasteiger partial charge on any atom is -0.354 e. The first-order valence-electron chi connectivity index (χ1n) is 11.5. The van der Waals surface area contributed by atoms with Gasteiger partial charge in [0.2, 0.25) is 5.91 Å². The van der Waals surface area contributed by atoms with E-state index in [-0.39, 0.29) is 17.7 Å². The molecule has 0 aliphatic carbocycles. The van der Waals surface area contributed by atoms with Crippen LogP contribution >= 0.6 is 0 Å². The van der Waals surface area contributed by atoms with E-state index in [2.05, 4.69) is 26.9 Å². The fourth-order valence-corrected chi connectivity index (χ4v) is 4.58. The molecule has 1 N–H and O–H groups in total. The molecule has 0 spiro atoms. The van der Waals surface area contributed by atoms with Crippen molar-refractivity contribution >= 4 is 22.8 Å². The number of aryl methyl sites for hydroxylation is 3. The number of rotatable bonds is 7. The highest BCUT2D eigenvalue weighted by Crippen LogP contribution is 2.23. The molecule has 0 saturated carbocycles. The molecule has 2 amide bonds. The van der Waals surface area contributed by atoms with Crippen molar-refractivity contribution in [2.45, 2.75) is 53.1 Å². The van der Waals surface area contributed by atoms with Crippen molar-refractivity contribution < 1.29 is 9.59 Å². The van der Waals surface area contributed by atoms with Gasteiger partial charge in [-0.1, -0.05) is 0 Å². The van der Waals surface area contributed by atoms with Gasteiger partial charge in [-0.15, -0.1) is 0 Å². The Morgan fingerprint density at radius 1 is 1.22 bits per heavy atom. The van der Waals surface area contributed by atoms with Crippen LogP contribution in [0.15, 0.2) is 30.6 Å². The summed E-state index contributed by atoms with van der Waals surface area (Å²) in [7, 11) is 0. The first-order chi connectivity index (χ1) is 15.4. The minimum atomic E-state index is 0.0209. The average Bonchev–Trinajstić information content (AvgIpc) is 3.34. The quantitative estimate of drug-likeness (QED) is 0.617. The normalized spacial score (nSPS) is 16.5. The zero-order chi connectivity index (χ0) is 22.7. The van der Waals surface area contributed by atoms with Crippen LogP contribution < -0.4 is 5.32 Å². The molecule has 32 heavy (non-hydrogen) atoms. The standard InChI is InChI=1S/C24H32N6O2/c1-4-28-16-26-21-14-20(7-8-22(21)28)24(32)29-10-5-6-19(15-29)13-23(31)25-9-11-30-18(3)12-17(2)27-30/h7-8,12,14,16,19H,4-6,9-11,13,15H2,1-3H3,(H,25,31)/t19-/m1/s1. The molecule has 1 fully saturated rings. The van der Waals surface area contributed by atoms with E-state index < -0.39 is 0 Å². The maximum absolute atomic E-state index is 13.1. The van der Waals surface area contributed by atoms with Crippen molar-refractivity contribution in [1.29, 1.82) is 0 Å². The van der Waals surface area contributed by atoms with Crippen LogP contribution in [0.25, 0.3) is 11.0 Å². The van der Waals surface area contributed by atoms with Crippen LogP contribution in [0.1, 0.15) is 47.9 Å². The number of likely N-dealkylation sites (tertiary alicyclic amines) is 1. The van der Waals surface area contributed by atoms with Crippen molar-refractivity contribution in [2.75, 3.05) is 19.6 Å². The molecular formula is C24H32N6O2. The largest absolute Gasteiger partial charge is 0.354 e. The number of carbonyl (C=O) groups is 2. The van der Waals surface area contributed by atoms with Gasteiger partial charge in [-0.2, -0.15) is 5.10 Å². The molecule has 1 atom stereocenters. The first-order valence-corrected chi connectivity index (χ1v) is 11.5. The Balaban J connectivity index is 1.30. The van der Waals surface area contributed by atoms with Gasteiger partial charge in [0, 0.05) is 43.9 Å². The molecule has 1 aliphatic rings. The van der Waals surface area contributed by atoms with Gasteiger partial charge in [-0.3, -0.25) is 14.3 Å². The number of fused-ring (bicyclic) bond motifs is 1. The summed E-state index contributed by atoms with van der Waals surface area (Å²) in [5.41, 5.74) is 4.62. The SMILES string of the molecule is CCn1cnc2cc(C(=O)N3CCC[C@H](CC(=O)NCCn4nc(C)cc4C)C3)ccc21. The lowest BCUT2D eigenvalue weighted by Crippen LogP contribution is -2.41. The van der Waals surface area contributed by atoms with Crippen molar-refractivity contribution in [1.82, 2.24) is 29.5 Å². The summed E-state index contributed by atoms with van der Waals surface area (Å²) in [5, 5.41) is 7.43. The fourth-order valence-electron chi connectivity index (χ4n) is 4.58. The second-order valence-corrected chi connectivity index (χ2v) is 8.70. The summed E-state index contributed by atoms with van der Waals surface area (Å²) in [6.45, 7) is 9.47. The van der Waals surface area contributed by atoms with Gasteiger partial charge in [0.25, 0.3) is 5.91 Å². The molecule has 1 saturated heterocycles. The van der Waals surface area contributed by atoms with Crippen molar-refractivity contribution in [3.63, 3.8) is 0 Å². The molecule has 0 bridgehead atoms. The number of carbonyl (C=O) groups excluding carboxylic acids is 2. The van der Waals surface area contributed by atoms with Crippen LogP contribution in [0.4, 0.5) is 0 Å². The Morgan fingerprint density at radius 2 is 2.06 bits per heavy atom. The number of amides is 2. The Kier molecular flexibility index (Phi) is 6.58. The summed E-state index contributed by atoms with van der Waals surface area (Å²) in [6, 6.07) is 7.76. The van der Waals surface area contributed by atoms with E-state index in [1.807, 2.05) is 54.0 Å². The third-order valence-electron chi connectivity index (χ3n) is 6.24. The van der Waals surface area contributed by atoms with Crippen LogP contribution in [0.2, 0.25) is 0 Å². The van der Waals surface area contributed by atoms with Gasteiger partial charge in [0.1, 0.15) is 0 Å². The number of imidazole rings is 1. The molecule has 1 aliphatic heterocycles. The van der Waals surface area contributed by atoms with Crippen molar-refractivity contribution in [2.24, 2.45) is 5.92 Å². The Morgan fingerprint density at radius 3 is 2.81 bits per heavy atom. The Labute approximate surface area is 188 Å². The lowest BCUT2D eigenvalue weighted by Gasteiger charge is -2.32.